The minimum atomic E-state index is -2.81. The molecule has 2 rings (SSSR count). The zero-order valence-electron chi connectivity index (χ0n) is 13.0. The number of nitrogens with zero attached hydrogens (tertiary/aromatic N) is 1. The predicted molar refractivity (Wildman–Crippen MR) is 85.7 cm³/mol. The van der Waals surface area contributed by atoms with E-state index in [1.165, 1.54) is 10.4 Å². The van der Waals surface area contributed by atoms with Crippen LogP contribution in [0, 0.1) is 0 Å². The number of rotatable bonds is 3. The van der Waals surface area contributed by atoms with Crippen molar-refractivity contribution in [3.8, 4) is 0 Å². The van der Waals surface area contributed by atoms with E-state index in [9.17, 15) is 19.0 Å². The molecule has 0 amide bonds. The maximum absolute atomic E-state index is 12.1. The van der Waals surface area contributed by atoms with Crippen LogP contribution in [0.5, 0.6) is 0 Å². The third-order valence-electron chi connectivity index (χ3n) is 3.28. The molecule has 1 radical (unpaired) electrons. The summed E-state index contributed by atoms with van der Waals surface area (Å²) in [5.41, 5.74) is 0.439. The quantitative estimate of drug-likeness (QED) is 0.829. The molecule has 0 bridgehead atoms. The zero-order valence-corrected chi connectivity index (χ0v) is 13.9. The van der Waals surface area contributed by atoms with Gasteiger partial charge in [-0.05, 0) is 51.0 Å². The Balaban J connectivity index is 2.30. The van der Waals surface area contributed by atoms with Gasteiger partial charge in [-0.15, -0.1) is 10.8 Å². The van der Waals surface area contributed by atoms with Crippen LogP contribution in [0.15, 0.2) is 18.2 Å². The summed E-state index contributed by atoms with van der Waals surface area (Å²) in [5, 5.41) is 11.4. The van der Waals surface area contributed by atoms with Crippen LogP contribution in [-0.4, -0.2) is 33.0 Å². The fraction of sp³-hybridized carbons (Fsp3) is 0.533. The van der Waals surface area contributed by atoms with Crippen molar-refractivity contribution >= 4 is 22.4 Å². The number of carbonyl (C=O) groups is 1. The van der Waals surface area contributed by atoms with Gasteiger partial charge in [-0.3, -0.25) is 13.4 Å². The SMILES string of the molecule is CC(C)(C)OC(=O)c1ccc(N2CCCS2(O)O)cc1C[O]. The number of hydrogen-bond donors (Lipinski definition) is 2. The normalized spacial score (nSPS) is 19.1. The molecule has 1 aromatic rings. The van der Waals surface area contributed by atoms with Gasteiger partial charge in [0, 0.05) is 6.54 Å². The smallest absolute Gasteiger partial charge is 0.339 e. The van der Waals surface area contributed by atoms with Crippen molar-refractivity contribution < 1.29 is 23.7 Å². The van der Waals surface area contributed by atoms with Gasteiger partial charge in [-0.25, -0.2) is 9.90 Å². The fourth-order valence-electron chi connectivity index (χ4n) is 2.34. The van der Waals surface area contributed by atoms with E-state index in [4.69, 9.17) is 4.74 Å². The Morgan fingerprint density at radius 1 is 1.36 bits per heavy atom. The minimum Gasteiger partial charge on any atom is -0.456 e. The Labute approximate surface area is 132 Å². The van der Waals surface area contributed by atoms with Crippen LogP contribution in [0.3, 0.4) is 0 Å². The summed E-state index contributed by atoms with van der Waals surface area (Å²) in [5.74, 6) is -0.217. The van der Waals surface area contributed by atoms with Gasteiger partial charge in [0.2, 0.25) is 0 Å². The Bertz CT molecular complexity index is 568. The molecule has 0 unspecified atom stereocenters. The maximum Gasteiger partial charge on any atom is 0.339 e. The number of esters is 1. The third kappa shape index (κ3) is 3.73. The minimum absolute atomic E-state index is 0.226. The second-order valence-electron chi connectivity index (χ2n) is 6.28. The summed E-state index contributed by atoms with van der Waals surface area (Å²) in [6.07, 6.45) is 0.683. The first-order chi connectivity index (χ1) is 10.1. The van der Waals surface area contributed by atoms with Crippen molar-refractivity contribution in [3.05, 3.63) is 29.3 Å². The molecule has 0 saturated carbocycles. The van der Waals surface area contributed by atoms with Crippen LogP contribution in [0.1, 0.15) is 43.1 Å². The van der Waals surface area contributed by atoms with Crippen molar-refractivity contribution in [2.24, 2.45) is 0 Å². The highest BCUT2D eigenvalue weighted by molar-refractivity contribution is 8.25. The van der Waals surface area contributed by atoms with Crippen LogP contribution < -0.4 is 4.31 Å². The summed E-state index contributed by atoms with van der Waals surface area (Å²) in [6.45, 7) is 5.22. The topological polar surface area (TPSA) is 89.9 Å². The maximum atomic E-state index is 12.1. The van der Waals surface area contributed by atoms with E-state index in [-0.39, 0.29) is 5.56 Å². The van der Waals surface area contributed by atoms with Crippen LogP contribution in [0.25, 0.3) is 0 Å². The first-order valence-corrected chi connectivity index (χ1v) is 8.79. The van der Waals surface area contributed by atoms with E-state index < -0.39 is 29.0 Å². The monoisotopic (exact) mass is 328 g/mol. The molecule has 0 atom stereocenters. The Kier molecular flexibility index (Phi) is 4.72. The first-order valence-electron chi connectivity index (χ1n) is 7.12. The van der Waals surface area contributed by atoms with Crippen molar-refractivity contribution in [2.75, 3.05) is 16.6 Å². The van der Waals surface area contributed by atoms with Crippen molar-refractivity contribution in [2.45, 2.75) is 39.4 Å². The molecule has 1 aliphatic heterocycles. The lowest BCUT2D eigenvalue weighted by Gasteiger charge is -2.38. The molecule has 123 valence electrons. The van der Waals surface area contributed by atoms with E-state index in [2.05, 4.69) is 0 Å². The fourth-order valence-corrected chi connectivity index (χ4v) is 3.95. The zero-order chi connectivity index (χ0) is 16.5. The van der Waals surface area contributed by atoms with E-state index in [0.717, 1.165) is 0 Å². The van der Waals surface area contributed by atoms with Crippen LogP contribution in [0.4, 0.5) is 5.69 Å². The summed E-state index contributed by atoms with van der Waals surface area (Å²) < 4.78 is 26.8. The third-order valence-corrected chi connectivity index (χ3v) is 5.22. The van der Waals surface area contributed by atoms with Crippen LogP contribution >= 0.6 is 10.8 Å². The molecule has 22 heavy (non-hydrogen) atoms. The van der Waals surface area contributed by atoms with Gasteiger partial charge >= 0.3 is 5.97 Å². The molecule has 6 nitrogen and oxygen atoms in total. The number of ether oxygens (including phenoxy) is 1. The number of hydrogen-bond acceptors (Lipinski definition) is 5. The second-order valence-corrected chi connectivity index (χ2v) is 8.39. The van der Waals surface area contributed by atoms with Crippen molar-refractivity contribution in [1.82, 2.24) is 0 Å². The Hall–Kier alpha value is -1.28. The second kappa shape index (κ2) is 6.08. The van der Waals surface area contributed by atoms with Gasteiger partial charge in [0.25, 0.3) is 0 Å². The van der Waals surface area contributed by atoms with Gasteiger partial charge < -0.3 is 4.74 Å². The Morgan fingerprint density at radius 2 is 2.05 bits per heavy atom. The first kappa shape index (κ1) is 17.1. The van der Waals surface area contributed by atoms with Gasteiger partial charge in [0.1, 0.15) is 12.2 Å². The lowest BCUT2D eigenvalue weighted by Crippen LogP contribution is -2.25. The molecule has 1 aromatic carbocycles. The summed E-state index contributed by atoms with van der Waals surface area (Å²) in [7, 11) is -2.81. The highest BCUT2D eigenvalue weighted by Gasteiger charge is 2.30. The average molecular weight is 328 g/mol. The van der Waals surface area contributed by atoms with E-state index in [0.29, 0.717) is 30.0 Å². The Morgan fingerprint density at radius 3 is 2.55 bits per heavy atom. The van der Waals surface area contributed by atoms with E-state index >= 15 is 0 Å². The lowest BCUT2D eigenvalue weighted by molar-refractivity contribution is 0.00652. The summed E-state index contributed by atoms with van der Waals surface area (Å²) in [4.78, 5) is 12.1. The molecule has 1 aliphatic rings. The van der Waals surface area contributed by atoms with Crippen LogP contribution in [0.2, 0.25) is 0 Å². The number of carbonyl (C=O) groups excluding carboxylic acids is 1. The van der Waals surface area contributed by atoms with Gasteiger partial charge in [0.15, 0.2) is 0 Å². The molecule has 2 N–H and O–H groups in total. The molecule has 1 heterocycles. The van der Waals surface area contributed by atoms with Crippen molar-refractivity contribution in [1.29, 1.82) is 0 Å². The van der Waals surface area contributed by atoms with Gasteiger partial charge in [0.05, 0.1) is 17.0 Å². The van der Waals surface area contributed by atoms with E-state index in [1.54, 1.807) is 32.9 Å². The van der Waals surface area contributed by atoms with Gasteiger partial charge in [-0.2, -0.15) is 0 Å². The van der Waals surface area contributed by atoms with Gasteiger partial charge in [-0.1, -0.05) is 0 Å². The largest absolute Gasteiger partial charge is 0.456 e. The molecule has 0 aromatic heterocycles. The highest BCUT2D eigenvalue weighted by atomic mass is 32.3. The van der Waals surface area contributed by atoms with Crippen molar-refractivity contribution in [3.63, 3.8) is 0 Å². The average Bonchev–Trinajstić information content (AvgIpc) is 2.75. The molecular weight excluding hydrogens is 306 g/mol. The predicted octanol–water partition coefficient (Wildman–Crippen LogP) is 3.45. The van der Waals surface area contributed by atoms with Crippen LogP contribution in [-0.2, 0) is 16.5 Å². The molecule has 7 heteroatoms. The lowest BCUT2D eigenvalue weighted by atomic mass is 10.1. The molecule has 1 fully saturated rings. The number of benzene rings is 1. The summed E-state index contributed by atoms with van der Waals surface area (Å²) >= 11 is 0. The standard InChI is InChI=1S/C15H22NO5S/c1-15(2,3)21-14(18)13-6-5-12(9-11(13)10-17)16-7-4-8-22(16,19)20/h5-6,9,19-20H,4,7-8,10H2,1-3H3. The highest BCUT2D eigenvalue weighted by Crippen LogP contribution is 2.51. The summed E-state index contributed by atoms with van der Waals surface area (Å²) in [6, 6.07) is 4.69. The molecule has 1 saturated heterocycles. The number of anilines is 1. The molecule has 0 aliphatic carbocycles. The molecular formula is C15H22NO5S. The van der Waals surface area contributed by atoms with E-state index in [1.807, 2.05) is 0 Å². The molecule has 0 spiro atoms.